The molecule has 1 unspecified atom stereocenters. The van der Waals surface area contributed by atoms with Gasteiger partial charge in [-0.15, -0.1) is 0 Å². The number of likely N-dealkylation sites (tertiary alicyclic amines) is 1. The summed E-state index contributed by atoms with van der Waals surface area (Å²) in [7, 11) is 0. The van der Waals surface area contributed by atoms with Gasteiger partial charge in [-0.3, -0.25) is 9.69 Å². The van der Waals surface area contributed by atoms with E-state index in [2.05, 4.69) is 11.8 Å². The van der Waals surface area contributed by atoms with Gasteiger partial charge >= 0.3 is 5.97 Å². The molecule has 1 atom stereocenters. The molecule has 1 heterocycles. The Balaban J connectivity index is 1.99. The summed E-state index contributed by atoms with van der Waals surface area (Å²) in [6, 6.07) is 0.295. The fourth-order valence-electron chi connectivity index (χ4n) is 3.87. The van der Waals surface area contributed by atoms with Gasteiger partial charge in [0.15, 0.2) is 0 Å². The average Bonchev–Trinajstić information content (AvgIpc) is 2.65. The van der Waals surface area contributed by atoms with Crippen molar-refractivity contribution in [2.75, 3.05) is 13.1 Å². The maximum atomic E-state index is 11.2. The number of rotatable bonds is 4. The number of carboxylic acids is 1. The second-order valence-electron chi connectivity index (χ2n) is 6.64. The predicted molar refractivity (Wildman–Crippen MR) is 77.2 cm³/mol. The van der Waals surface area contributed by atoms with Gasteiger partial charge in [0.1, 0.15) is 0 Å². The Labute approximate surface area is 117 Å². The molecule has 3 heteroatoms. The Kier molecular flexibility index (Phi) is 5.68. The molecule has 2 aliphatic rings. The summed E-state index contributed by atoms with van der Waals surface area (Å²) >= 11 is 0. The predicted octanol–water partition coefficient (Wildman–Crippen LogP) is 3.53. The van der Waals surface area contributed by atoms with Crippen molar-refractivity contribution in [2.24, 2.45) is 11.8 Å². The summed E-state index contributed by atoms with van der Waals surface area (Å²) in [5, 5.41) is 9.24. The van der Waals surface area contributed by atoms with Crippen LogP contribution in [-0.4, -0.2) is 35.1 Å². The van der Waals surface area contributed by atoms with E-state index in [0.29, 0.717) is 18.4 Å². The maximum Gasteiger partial charge on any atom is 0.304 e. The molecule has 0 spiro atoms. The minimum Gasteiger partial charge on any atom is -0.481 e. The van der Waals surface area contributed by atoms with E-state index in [-0.39, 0.29) is 0 Å². The molecule has 1 aliphatic heterocycles. The molecule has 3 nitrogen and oxygen atoms in total. The highest BCUT2D eigenvalue weighted by Crippen LogP contribution is 2.34. The lowest BCUT2D eigenvalue weighted by Gasteiger charge is -2.39. The van der Waals surface area contributed by atoms with Crippen LogP contribution in [0, 0.1) is 11.8 Å². The zero-order valence-electron chi connectivity index (χ0n) is 12.3. The van der Waals surface area contributed by atoms with E-state index < -0.39 is 5.97 Å². The Hall–Kier alpha value is -0.570. The average molecular weight is 267 g/mol. The molecule has 1 saturated carbocycles. The fourth-order valence-corrected chi connectivity index (χ4v) is 3.87. The molecule has 110 valence electrons. The molecule has 0 bridgehead atoms. The number of hydrogen-bond donors (Lipinski definition) is 1. The van der Waals surface area contributed by atoms with E-state index in [1.54, 1.807) is 0 Å². The quantitative estimate of drug-likeness (QED) is 0.847. The molecule has 0 radical (unpaired) electrons. The Bertz CT molecular complexity index is 276. The highest BCUT2D eigenvalue weighted by molar-refractivity contribution is 5.67. The number of hydrogen-bond acceptors (Lipinski definition) is 2. The molecule has 0 amide bonds. The number of carboxylic acid groups (broad SMARTS) is 1. The Morgan fingerprint density at radius 2 is 1.68 bits per heavy atom. The van der Waals surface area contributed by atoms with Crippen LogP contribution in [0.15, 0.2) is 0 Å². The molecule has 0 aromatic carbocycles. The monoisotopic (exact) mass is 267 g/mol. The summed E-state index contributed by atoms with van der Waals surface area (Å²) in [4.78, 5) is 13.7. The summed E-state index contributed by atoms with van der Waals surface area (Å²) < 4.78 is 0. The van der Waals surface area contributed by atoms with Crippen molar-refractivity contribution >= 4 is 5.97 Å². The molecule has 1 aliphatic carbocycles. The SMILES string of the molecule is CC1CCC(C(CC(=O)O)N2CCCCCC2)CC1. The molecule has 1 saturated heterocycles. The van der Waals surface area contributed by atoms with Crippen LogP contribution in [-0.2, 0) is 4.79 Å². The lowest BCUT2D eigenvalue weighted by atomic mass is 9.78. The van der Waals surface area contributed by atoms with Gasteiger partial charge in [0.2, 0.25) is 0 Å². The third-order valence-electron chi connectivity index (χ3n) is 5.10. The van der Waals surface area contributed by atoms with Crippen molar-refractivity contribution in [1.29, 1.82) is 0 Å². The van der Waals surface area contributed by atoms with Crippen molar-refractivity contribution in [1.82, 2.24) is 4.90 Å². The van der Waals surface area contributed by atoms with E-state index in [9.17, 15) is 9.90 Å². The van der Waals surface area contributed by atoms with Gasteiger partial charge < -0.3 is 5.11 Å². The Morgan fingerprint density at radius 1 is 1.11 bits per heavy atom. The van der Waals surface area contributed by atoms with Crippen molar-refractivity contribution in [3.63, 3.8) is 0 Å². The van der Waals surface area contributed by atoms with Crippen molar-refractivity contribution in [2.45, 2.75) is 70.8 Å². The smallest absolute Gasteiger partial charge is 0.304 e. The van der Waals surface area contributed by atoms with Gasteiger partial charge in [-0.1, -0.05) is 32.6 Å². The van der Waals surface area contributed by atoms with Crippen LogP contribution < -0.4 is 0 Å². The third kappa shape index (κ3) is 4.48. The topological polar surface area (TPSA) is 40.5 Å². The zero-order chi connectivity index (χ0) is 13.7. The number of nitrogens with zero attached hydrogens (tertiary/aromatic N) is 1. The van der Waals surface area contributed by atoms with E-state index in [4.69, 9.17) is 0 Å². The van der Waals surface area contributed by atoms with Gasteiger partial charge in [0.05, 0.1) is 6.42 Å². The normalized spacial score (nSPS) is 31.6. The van der Waals surface area contributed by atoms with Crippen molar-refractivity contribution < 1.29 is 9.90 Å². The molecule has 0 aromatic rings. The van der Waals surface area contributed by atoms with Crippen molar-refractivity contribution in [3.8, 4) is 0 Å². The molecule has 19 heavy (non-hydrogen) atoms. The summed E-state index contributed by atoms with van der Waals surface area (Å²) in [6.07, 6.45) is 10.5. The lowest BCUT2D eigenvalue weighted by molar-refractivity contribution is -0.139. The fraction of sp³-hybridized carbons (Fsp3) is 0.938. The second kappa shape index (κ2) is 7.28. The largest absolute Gasteiger partial charge is 0.481 e. The minimum atomic E-state index is -0.618. The molecule has 2 fully saturated rings. The molecule has 2 rings (SSSR count). The van der Waals surface area contributed by atoms with Gasteiger partial charge in [-0.2, -0.15) is 0 Å². The standard InChI is InChI=1S/C16H29NO2/c1-13-6-8-14(9-7-13)15(12-16(18)19)17-10-4-2-3-5-11-17/h13-15H,2-12H2,1H3,(H,18,19). The zero-order valence-corrected chi connectivity index (χ0v) is 12.3. The van der Waals surface area contributed by atoms with Gasteiger partial charge in [-0.25, -0.2) is 0 Å². The van der Waals surface area contributed by atoms with E-state index in [0.717, 1.165) is 19.0 Å². The van der Waals surface area contributed by atoms with Gasteiger partial charge in [0.25, 0.3) is 0 Å². The van der Waals surface area contributed by atoms with E-state index in [1.165, 1.54) is 51.4 Å². The van der Waals surface area contributed by atoms with Crippen LogP contribution in [0.1, 0.15) is 64.7 Å². The van der Waals surface area contributed by atoms with Crippen LogP contribution >= 0.6 is 0 Å². The molecular weight excluding hydrogens is 238 g/mol. The minimum absolute atomic E-state index is 0.295. The number of carbonyl (C=O) groups is 1. The number of aliphatic carboxylic acids is 1. The first-order valence-corrected chi connectivity index (χ1v) is 8.12. The lowest BCUT2D eigenvalue weighted by Crippen LogP contribution is -2.43. The van der Waals surface area contributed by atoms with E-state index >= 15 is 0 Å². The molecule has 0 aromatic heterocycles. The van der Waals surface area contributed by atoms with Crippen LogP contribution in [0.4, 0.5) is 0 Å². The first kappa shape index (κ1) is 14.8. The Morgan fingerprint density at radius 3 is 2.21 bits per heavy atom. The second-order valence-corrected chi connectivity index (χ2v) is 6.64. The summed E-state index contributed by atoms with van der Waals surface area (Å²) in [5.74, 6) is 0.837. The maximum absolute atomic E-state index is 11.2. The molecular formula is C16H29NO2. The first-order chi connectivity index (χ1) is 9.16. The van der Waals surface area contributed by atoms with Crippen LogP contribution in [0.5, 0.6) is 0 Å². The van der Waals surface area contributed by atoms with Crippen LogP contribution in [0.3, 0.4) is 0 Å². The highest BCUT2D eigenvalue weighted by Gasteiger charge is 2.32. The highest BCUT2D eigenvalue weighted by atomic mass is 16.4. The first-order valence-electron chi connectivity index (χ1n) is 8.12. The van der Waals surface area contributed by atoms with E-state index in [1.807, 2.05) is 0 Å². The summed E-state index contributed by atoms with van der Waals surface area (Å²) in [5.41, 5.74) is 0. The van der Waals surface area contributed by atoms with Crippen LogP contribution in [0.2, 0.25) is 0 Å². The third-order valence-corrected chi connectivity index (χ3v) is 5.10. The summed E-state index contributed by atoms with van der Waals surface area (Å²) in [6.45, 7) is 4.56. The van der Waals surface area contributed by atoms with Crippen LogP contribution in [0.25, 0.3) is 0 Å². The van der Waals surface area contributed by atoms with Crippen molar-refractivity contribution in [3.05, 3.63) is 0 Å². The van der Waals surface area contributed by atoms with Gasteiger partial charge in [-0.05, 0) is 50.6 Å². The van der Waals surface area contributed by atoms with Gasteiger partial charge in [0, 0.05) is 6.04 Å². The molecule has 1 N–H and O–H groups in total.